The zero-order valence-corrected chi connectivity index (χ0v) is 10.9. The topological polar surface area (TPSA) is 58.2 Å². The highest BCUT2D eigenvalue weighted by Gasteiger charge is 2.39. The van der Waals surface area contributed by atoms with Gasteiger partial charge in [0, 0.05) is 18.2 Å². The van der Waals surface area contributed by atoms with Crippen molar-refractivity contribution in [1.82, 2.24) is 10.6 Å². The van der Waals surface area contributed by atoms with E-state index < -0.39 is 6.04 Å². The maximum Gasteiger partial charge on any atom is 0.243 e. The fraction of sp³-hybridized carbons (Fsp3) is 0.818. The average molecular weight is 244 g/mol. The van der Waals surface area contributed by atoms with Crippen LogP contribution in [0.1, 0.15) is 33.6 Å². The zero-order valence-electron chi connectivity index (χ0n) is 10.0. The van der Waals surface area contributed by atoms with Gasteiger partial charge in [0.15, 0.2) is 0 Å². The van der Waals surface area contributed by atoms with Crippen molar-refractivity contribution >= 4 is 24.4 Å². The smallest absolute Gasteiger partial charge is 0.243 e. The second-order valence-electron chi connectivity index (χ2n) is 4.92. The van der Waals surface area contributed by atoms with E-state index >= 15 is 0 Å². The minimum atomic E-state index is -0.543. The Morgan fingerprint density at radius 3 is 2.38 bits per heavy atom. The van der Waals surface area contributed by atoms with Crippen LogP contribution in [-0.2, 0) is 9.59 Å². The molecular weight excluding hydrogens is 224 g/mol. The molecule has 1 aliphatic carbocycles. The van der Waals surface area contributed by atoms with Crippen LogP contribution < -0.4 is 10.6 Å². The Bertz CT molecular complexity index is 288. The molecule has 1 fully saturated rings. The summed E-state index contributed by atoms with van der Waals surface area (Å²) < 4.78 is 0. The molecule has 0 bridgehead atoms. The summed E-state index contributed by atoms with van der Waals surface area (Å²) in [6.45, 7) is 5.44. The first-order valence-electron chi connectivity index (χ1n) is 5.57. The van der Waals surface area contributed by atoms with Gasteiger partial charge in [-0.05, 0) is 32.6 Å². The van der Waals surface area contributed by atoms with E-state index in [9.17, 15) is 9.59 Å². The van der Waals surface area contributed by atoms with E-state index in [1.165, 1.54) is 19.8 Å². The highest BCUT2D eigenvalue weighted by Crippen LogP contribution is 2.39. The van der Waals surface area contributed by atoms with Gasteiger partial charge in [-0.15, -0.1) is 0 Å². The van der Waals surface area contributed by atoms with Crippen LogP contribution in [0, 0.1) is 5.92 Å². The zero-order chi connectivity index (χ0) is 12.3. The molecule has 2 amide bonds. The Kier molecular flexibility index (Phi) is 4.24. The van der Waals surface area contributed by atoms with Crippen LogP contribution in [-0.4, -0.2) is 29.1 Å². The Balaban J connectivity index is 2.51. The first-order chi connectivity index (χ1) is 7.36. The third kappa shape index (κ3) is 3.70. The quantitative estimate of drug-likeness (QED) is 0.624. The van der Waals surface area contributed by atoms with Crippen LogP contribution in [0.2, 0.25) is 0 Å². The van der Waals surface area contributed by atoms with Crippen molar-refractivity contribution in [1.29, 1.82) is 0 Å². The largest absolute Gasteiger partial charge is 0.349 e. The Labute approximate surface area is 102 Å². The van der Waals surface area contributed by atoms with E-state index in [0.717, 1.165) is 0 Å². The number of thiol groups is 1. The number of carbonyl (C=O) groups is 2. The molecule has 92 valence electrons. The van der Waals surface area contributed by atoms with Gasteiger partial charge in [0.05, 0.1) is 0 Å². The molecule has 1 atom stereocenters. The monoisotopic (exact) mass is 244 g/mol. The van der Waals surface area contributed by atoms with Gasteiger partial charge in [0.1, 0.15) is 6.04 Å². The highest BCUT2D eigenvalue weighted by atomic mass is 32.1. The van der Waals surface area contributed by atoms with Gasteiger partial charge in [-0.25, -0.2) is 0 Å². The van der Waals surface area contributed by atoms with Crippen molar-refractivity contribution in [2.45, 2.75) is 45.2 Å². The van der Waals surface area contributed by atoms with Crippen molar-refractivity contribution < 1.29 is 9.59 Å². The molecule has 16 heavy (non-hydrogen) atoms. The molecule has 1 saturated carbocycles. The lowest BCUT2D eigenvalue weighted by Crippen LogP contribution is -2.54. The van der Waals surface area contributed by atoms with Crippen molar-refractivity contribution in [3.8, 4) is 0 Å². The fourth-order valence-electron chi connectivity index (χ4n) is 1.75. The van der Waals surface area contributed by atoms with Crippen molar-refractivity contribution in [3.63, 3.8) is 0 Å². The lowest BCUT2D eigenvalue weighted by atomic mass is 9.98. The molecule has 0 radical (unpaired) electrons. The van der Waals surface area contributed by atoms with Crippen LogP contribution in [0.5, 0.6) is 0 Å². The number of rotatable bonds is 5. The molecule has 5 heteroatoms. The van der Waals surface area contributed by atoms with Crippen LogP contribution in [0.25, 0.3) is 0 Å². The average Bonchev–Trinajstić information content (AvgIpc) is 2.95. The lowest BCUT2D eigenvalue weighted by molar-refractivity contribution is -0.128. The summed E-state index contributed by atoms with van der Waals surface area (Å²) in [4.78, 5) is 22.8. The molecular formula is C11H20N2O2S. The molecule has 0 aromatic carbocycles. The SMILES string of the molecule is CC(=O)NC(CS)C(=O)NC(C)(C)C1CC1. The van der Waals surface area contributed by atoms with Crippen LogP contribution in [0.15, 0.2) is 0 Å². The fourth-order valence-corrected chi connectivity index (χ4v) is 2.01. The van der Waals surface area contributed by atoms with Crippen LogP contribution in [0.3, 0.4) is 0 Å². The molecule has 4 nitrogen and oxygen atoms in total. The molecule has 0 aromatic heterocycles. The third-order valence-corrected chi connectivity index (χ3v) is 3.29. The molecule has 0 spiro atoms. The standard InChI is InChI=1S/C11H20N2O2S/c1-7(14)12-9(6-16)10(15)13-11(2,3)8-4-5-8/h8-9,16H,4-6H2,1-3H3,(H,12,14)(H,13,15). The second kappa shape index (κ2) is 5.08. The highest BCUT2D eigenvalue weighted by molar-refractivity contribution is 7.80. The molecule has 0 heterocycles. The Hall–Kier alpha value is -0.710. The van der Waals surface area contributed by atoms with E-state index in [4.69, 9.17) is 0 Å². The Morgan fingerprint density at radius 2 is 2.00 bits per heavy atom. The lowest BCUT2D eigenvalue weighted by Gasteiger charge is -2.28. The first-order valence-corrected chi connectivity index (χ1v) is 6.20. The summed E-state index contributed by atoms with van der Waals surface area (Å²) in [5.41, 5.74) is -0.184. The Morgan fingerprint density at radius 1 is 1.44 bits per heavy atom. The maximum absolute atomic E-state index is 11.9. The van der Waals surface area contributed by atoms with E-state index in [2.05, 4.69) is 23.3 Å². The predicted molar refractivity (Wildman–Crippen MR) is 66.4 cm³/mol. The summed E-state index contributed by atoms with van der Waals surface area (Å²) in [6, 6.07) is -0.543. The van der Waals surface area contributed by atoms with E-state index in [0.29, 0.717) is 11.7 Å². The van der Waals surface area contributed by atoms with E-state index in [1.54, 1.807) is 0 Å². The van der Waals surface area contributed by atoms with Crippen molar-refractivity contribution in [3.05, 3.63) is 0 Å². The summed E-state index contributed by atoms with van der Waals surface area (Å²) in [7, 11) is 0. The van der Waals surface area contributed by atoms with Crippen LogP contribution in [0.4, 0.5) is 0 Å². The first kappa shape index (κ1) is 13.4. The number of hydrogen-bond acceptors (Lipinski definition) is 3. The van der Waals surface area contributed by atoms with Gasteiger partial charge in [-0.1, -0.05) is 0 Å². The molecule has 0 aromatic rings. The minimum Gasteiger partial charge on any atom is -0.349 e. The molecule has 0 saturated heterocycles. The number of nitrogens with one attached hydrogen (secondary N) is 2. The number of hydrogen-bond donors (Lipinski definition) is 3. The van der Waals surface area contributed by atoms with Gasteiger partial charge in [0.25, 0.3) is 0 Å². The van der Waals surface area contributed by atoms with E-state index in [-0.39, 0.29) is 17.4 Å². The van der Waals surface area contributed by atoms with Crippen molar-refractivity contribution in [2.75, 3.05) is 5.75 Å². The molecule has 0 aliphatic heterocycles. The molecule has 1 aliphatic rings. The molecule has 1 unspecified atom stereocenters. The predicted octanol–water partition coefficient (Wildman–Crippen LogP) is 0.726. The summed E-state index contributed by atoms with van der Waals surface area (Å²) in [5.74, 6) is 0.515. The summed E-state index contributed by atoms with van der Waals surface area (Å²) in [5, 5.41) is 5.56. The van der Waals surface area contributed by atoms with Gasteiger partial charge in [-0.2, -0.15) is 12.6 Å². The third-order valence-electron chi connectivity index (χ3n) is 2.92. The van der Waals surface area contributed by atoms with Crippen LogP contribution >= 0.6 is 12.6 Å². The van der Waals surface area contributed by atoms with Gasteiger partial charge in [-0.3, -0.25) is 9.59 Å². The normalized spacial score (nSPS) is 17.8. The molecule has 1 rings (SSSR count). The summed E-state index contributed by atoms with van der Waals surface area (Å²) in [6.07, 6.45) is 2.33. The van der Waals surface area contributed by atoms with E-state index in [1.807, 2.05) is 13.8 Å². The minimum absolute atomic E-state index is 0.151. The van der Waals surface area contributed by atoms with Gasteiger partial charge >= 0.3 is 0 Å². The maximum atomic E-state index is 11.9. The number of carbonyl (C=O) groups excluding carboxylic acids is 2. The second-order valence-corrected chi connectivity index (χ2v) is 5.29. The summed E-state index contributed by atoms with van der Waals surface area (Å²) >= 11 is 4.07. The van der Waals surface area contributed by atoms with Gasteiger partial charge in [0.2, 0.25) is 11.8 Å². The molecule has 2 N–H and O–H groups in total. The number of amides is 2. The van der Waals surface area contributed by atoms with Gasteiger partial charge < -0.3 is 10.6 Å². The van der Waals surface area contributed by atoms with Crippen molar-refractivity contribution in [2.24, 2.45) is 5.92 Å².